The summed E-state index contributed by atoms with van der Waals surface area (Å²) in [5.74, 6) is -0.895. The number of amides is 1. The Morgan fingerprint density at radius 3 is 2.77 bits per heavy atom. The van der Waals surface area contributed by atoms with E-state index >= 15 is 0 Å². The quantitative estimate of drug-likeness (QED) is 0.263. The maximum absolute atomic E-state index is 12.7. The van der Waals surface area contributed by atoms with E-state index in [0.717, 1.165) is 16.7 Å². The van der Waals surface area contributed by atoms with Gasteiger partial charge < -0.3 is 9.52 Å². The molecule has 1 aromatic carbocycles. The second-order valence-corrected chi connectivity index (χ2v) is 8.40. The van der Waals surface area contributed by atoms with Gasteiger partial charge in [-0.3, -0.25) is 19.8 Å². The molecule has 0 aliphatic carbocycles. The van der Waals surface area contributed by atoms with Crippen LogP contribution in [0.15, 0.2) is 39.7 Å². The van der Waals surface area contributed by atoms with E-state index in [4.69, 9.17) is 28.2 Å². The van der Waals surface area contributed by atoms with E-state index < -0.39 is 22.8 Å². The van der Waals surface area contributed by atoms with E-state index in [1.54, 1.807) is 12.1 Å². The van der Waals surface area contributed by atoms with Crippen molar-refractivity contribution in [2.24, 2.45) is 0 Å². The van der Waals surface area contributed by atoms with Crippen molar-refractivity contribution >= 4 is 63.5 Å². The lowest BCUT2D eigenvalue weighted by Crippen LogP contribution is -2.43. The molecule has 0 unspecified atom stereocenters. The highest BCUT2D eigenvalue weighted by molar-refractivity contribution is 8.26. The summed E-state index contributed by atoms with van der Waals surface area (Å²) in [7, 11) is 0. The normalized spacial score (nSPS) is 16.3. The smallest absolute Gasteiger partial charge is 0.326 e. The van der Waals surface area contributed by atoms with Crippen molar-refractivity contribution in [2.45, 2.75) is 25.8 Å². The summed E-state index contributed by atoms with van der Waals surface area (Å²) in [5.41, 5.74) is 0.322. The monoisotopic (exact) mass is 466 g/mol. The summed E-state index contributed by atoms with van der Waals surface area (Å²) in [6.45, 7) is 1.83. The number of thioether (sulfide) groups is 1. The van der Waals surface area contributed by atoms with Gasteiger partial charge in [0.25, 0.3) is 11.6 Å². The summed E-state index contributed by atoms with van der Waals surface area (Å²) in [5, 5.41) is 20.4. The van der Waals surface area contributed by atoms with Gasteiger partial charge in [0.2, 0.25) is 0 Å². The van der Waals surface area contributed by atoms with Crippen molar-refractivity contribution < 1.29 is 24.0 Å². The minimum atomic E-state index is -1.11. The van der Waals surface area contributed by atoms with Crippen molar-refractivity contribution in [3.8, 4) is 11.3 Å². The number of carbonyl (C=O) groups is 2. The molecule has 11 heteroatoms. The van der Waals surface area contributed by atoms with Crippen molar-refractivity contribution in [3.05, 3.63) is 56.1 Å². The first-order chi connectivity index (χ1) is 14.2. The Balaban J connectivity index is 1.86. The number of hydrogen-bond donors (Lipinski definition) is 1. The molecule has 2 heterocycles. The molecule has 1 aliphatic rings. The SMILES string of the molecule is CCC[C@@H](C(=O)O)N1C(=O)/C(=C\c2ccc(-c3ccc([N+](=O)[O-])cc3Cl)o2)SC1=S. The highest BCUT2D eigenvalue weighted by atomic mass is 35.5. The highest BCUT2D eigenvalue weighted by Gasteiger charge is 2.40. The Kier molecular flexibility index (Phi) is 6.59. The van der Waals surface area contributed by atoms with Gasteiger partial charge in [0.05, 0.1) is 14.9 Å². The number of halogens is 1. The van der Waals surface area contributed by atoms with Gasteiger partial charge in [0, 0.05) is 23.8 Å². The first-order valence-corrected chi connectivity index (χ1v) is 10.4. The maximum Gasteiger partial charge on any atom is 0.326 e. The van der Waals surface area contributed by atoms with E-state index in [0.29, 0.717) is 29.9 Å². The molecule has 1 aliphatic heterocycles. The van der Waals surface area contributed by atoms with Gasteiger partial charge in [0.15, 0.2) is 0 Å². The van der Waals surface area contributed by atoms with Gasteiger partial charge in [-0.25, -0.2) is 4.79 Å². The second-order valence-electron chi connectivity index (χ2n) is 6.32. The van der Waals surface area contributed by atoms with Crippen LogP contribution in [0.4, 0.5) is 5.69 Å². The first-order valence-electron chi connectivity index (χ1n) is 8.77. The fourth-order valence-corrected chi connectivity index (χ4v) is 4.51. The number of aliphatic carboxylic acids is 1. The molecule has 0 bridgehead atoms. The van der Waals surface area contributed by atoms with Gasteiger partial charge >= 0.3 is 5.97 Å². The molecule has 1 saturated heterocycles. The molecule has 1 aromatic heterocycles. The molecule has 156 valence electrons. The minimum Gasteiger partial charge on any atom is -0.480 e. The van der Waals surface area contributed by atoms with Crippen molar-refractivity contribution in [3.63, 3.8) is 0 Å². The summed E-state index contributed by atoms with van der Waals surface area (Å²) in [6.07, 6.45) is 2.36. The molecule has 8 nitrogen and oxygen atoms in total. The molecule has 2 aromatic rings. The first kappa shape index (κ1) is 22.0. The third kappa shape index (κ3) is 4.40. The highest BCUT2D eigenvalue weighted by Crippen LogP contribution is 2.37. The lowest BCUT2D eigenvalue weighted by atomic mass is 10.1. The van der Waals surface area contributed by atoms with Crippen molar-refractivity contribution in [1.29, 1.82) is 0 Å². The number of nitro groups is 1. The maximum atomic E-state index is 12.7. The van der Waals surface area contributed by atoms with E-state index in [1.165, 1.54) is 24.3 Å². The van der Waals surface area contributed by atoms with Crippen LogP contribution in [-0.2, 0) is 9.59 Å². The second kappa shape index (κ2) is 8.99. The van der Waals surface area contributed by atoms with Crippen LogP contribution in [-0.4, -0.2) is 37.2 Å². The predicted octanol–water partition coefficient (Wildman–Crippen LogP) is 4.96. The molecule has 1 amide bonds. The number of hydrogen-bond acceptors (Lipinski definition) is 7. The van der Waals surface area contributed by atoms with Crippen LogP contribution in [0.3, 0.4) is 0 Å². The number of non-ortho nitro benzene ring substituents is 1. The van der Waals surface area contributed by atoms with Crippen LogP contribution in [0, 0.1) is 10.1 Å². The third-order valence-corrected chi connectivity index (χ3v) is 5.95. The molecule has 3 rings (SSSR count). The number of nitro benzene ring substituents is 1. The number of nitrogens with zero attached hydrogens (tertiary/aromatic N) is 2. The van der Waals surface area contributed by atoms with Crippen LogP contribution in [0.5, 0.6) is 0 Å². The topological polar surface area (TPSA) is 114 Å². The van der Waals surface area contributed by atoms with Crippen molar-refractivity contribution in [2.75, 3.05) is 0 Å². The Labute approximate surface area is 185 Å². The zero-order chi connectivity index (χ0) is 22.0. The third-order valence-electron chi connectivity index (χ3n) is 4.31. The average Bonchev–Trinajstić information content (AvgIpc) is 3.24. The summed E-state index contributed by atoms with van der Waals surface area (Å²) >= 11 is 12.3. The van der Waals surface area contributed by atoms with E-state index in [9.17, 15) is 24.8 Å². The predicted molar refractivity (Wildman–Crippen MR) is 117 cm³/mol. The van der Waals surface area contributed by atoms with Crippen LogP contribution >= 0.6 is 35.6 Å². The number of furan rings is 1. The van der Waals surface area contributed by atoms with Crippen LogP contribution in [0.25, 0.3) is 17.4 Å². The number of rotatable bonds is 7. The largest absolute Gasteiger partial charge is 0.480 e. The van der Waals surface area contributed by atoms with Gasteiger partial charge in [-0.05, 0) is 24.6 Å². The number of carbonyl (C=O) groups excluding carboxylic acids is 1. The zero-order valence-electron chi connectivity index (χ0n) is 15.5. The van der Waals surface area contributed by atoms with Crippen molar-refractivity contribution in [1.82, 2.24) is 4.90 Å². The van der Waals surface area contributed by atoms with E-state index in [1.807, 2.05) is 6.92 Å². The Bertz CT molecular complexity index is 1080. The number of carboxylic acid groups (broad SMARTS) is 1. The number of benzene rings is 1. The lowest BCUT2D eigenvalue weighted by molar-refractivity contribution is -0.384. The van der Waals surface area contributed by atoms with Gasteiger partial charge in [-0.2, -0.15) is 0 Å². The molecule has 0 saturated carbocycles. The molecule has 30 heavy (non-hydrogen) atoms. The van der Waals surface area contributed by atoms with Gasteiger partial charge in [0.1, 0.15) is 21.9 Å². The molecular weight excluding hydrogens is 452 g/mol. The number of carboxylic acids is 1. The lowest BCUT2D eigenvalue weighted by Gasteiger charge is -2.22. The van der Waals surface area contributed by atoms with Crippen LogP contribution in [0.1, 0.15) is 25.5 Å². The Morgan fingerprint density at radius 2 is 2.17 bits per heavy atom. The standard InChI is InChI=1S/C19H15ClN2O6S2/c1-2-3-14(18(24)25)21-17(23)16(30-19(21)29)9-11-5-7-15(28-11)12-6-4-10(22(26)27)8-13(12)20/h4-9,14H,2-3H2,1H3,(H,24,25)/b16-9+/t14-/m0/s1. The van der Waals surface area contributed by atoms with Gasteiger partial charge in [-0.15, -0.1) is 0 Å². The minimum absolute atomic E-state index is 0.140. The van der Waals surface area contributed by atoms with Crippen LogP contribution < -0.4 is 0 Å². The van der Waals surface area contributed by atoms with Crippen LogP contribution in [0.2, 0.25) is 5.02 Å². The zero-order valence-corrected chi connectivity index (χ0v) is 17.9. The van der Waals surface area contributed by atoms with E-state index in [-0.39, 0.29) is 19.9 Å². The average molecular weight is 467 g/mol. The summed E-state index contributed by atoms with van der Waals surface area (Å²) in [6, 6.07) is 6.24. The Morgan fingerprint density at radius 1 is 1.43 bits per heavy atom. The fourth-order valence-electron chi connectivity index (χ4n) is 2.91. The Hall–Kier alpha value is -2.69. The van der Waals surface area contributed by atoms with E-state index in [2.05, 4.69) is 0 Å². The molecule has 0 radical (unpaired) electrons. The summed E-state index contributed by atoms with van der Waals surface area (Å²) < 4.78 is 5.89. The molecule has 1 fully saturated rings. The summed E-state index contributed by atoms with van der Waals surface area (Å²) in [4.78, 5) is 35.9. The number of thiocarbonyl (C=S) groups is 1. The molecule has 1 N–H and O–H groups in total. The molecular formula is C19H15ClN2O6S2. The molecule has 1 atom stereocenters. The fraction of sp³-hybridized carbons (Fsp3) is 0.211. The molecule has 0 spiro atoms. The van der Waals surface area contributed by atoms with Gasteiger partial charge in [-0.1, -0.05) is 48.9 Å².